The van der Waals surface area contributed by atoms with Gasteiger partial charge in [-0.05, 0) is 30.5 Å². The number of benzene rings is 1. The number of nitrogens with zero attached hydrogens (tertiary/aromatic N) is 1. The summed E-state index contributed by atoms with van der Waals surface area (Å²) in [4.78, 5) is 2.35. The molecule has 0 spiro atoms. The second-order valence-electron chi connectivity index (χ2n) is 5.04. The van der Waals surface area contributed by atoms with E-state index >= 15 is 0 Å². The Kier molecular flexibility index (Phi) is 4.22. The summed E-state index contributed by atoms with van der Waals surface area (Å²) in [6.45, 7) is 7.91. The van der Waals surface area contributed by atoms with Crippen molar-refractivity contribution in [1.29, 1.82) is 0 Å². The van der Waals surface area contributed by atoms with E-state index in [0.717, 1.165) is 37.4 Å². The maximum atomic E-state index is 9.77. The lowest BCUT2D eigenvalue weighted by Crippen LogP contribution is -2.45. The Bertz CT molecular complexity index is 397. The van der Waals surface area contributed by atoms with E-state index in [9.17, 15) is 5.11 Å². The van der Waals surface area contributed by atoms with Crippen LogP contribution in [0, 0.1) is 13.8 Å². The number of ether oxygens (including phenoxy) is 1. The lowest BCUT2D eigenvalue weighted by molar-refractivity contribution is -0.0260. The Morgan fingerprint density at radius 3 is 2.67 bits per heavy atom. The molecule has 18 heavy (non-hydrogen) atoms. The fraction of sp³-hybridized carbons (Fsp3) is 0.571. The summed E-state index contributed by atoms with van der Waals surface area (Å²) in [7, 11) is 0. The van der Waals surface area contributed by atoms with Crippen molar-refractivity contribution < 1.29 is 9.84 Å². The van der Waals surface area contributed by atoms with Crippen LogP contribution in [0.5, 0.6) is 5.75 Å². The minimum Gasteiger partial charge on any atom is -0.507 e. The molecular formula is C14H22N2O2. The summed E-state index contributed by atoms with van der Waals surface area (Å²) in [6.07, 6.45) is 0.151. The molecule has 0 aliphatic carbocycles. The van der Waals surface area contributed by atoms with Gasteiger partial charge in [-0.3, -0.25) is 4.90 Å². The molecule has 2 rings (SSSR count). The fourth-order valence-corrected chi connectivity index (χ4v) is 2.46. The zero-order valence-corrected chi connectivity index (χ0v) is 11.1. The van der Waals surface area contributed by atoms with E-state index < -0.39 is 0 Å². The predicted octanol–water partition coefficient (Wildman–Crippen LogP) is 1.17. The first-order valence-corrected chi connectivity index (χ1v) is 6.43. The number of morpholine rings is 1. The highest BCUT2D eigenvalue weighted by Gasteiger charge is 2.19. The maximum Gasteiger partial charge on any atom is 0.121 e. The van der Waals surface area contributed by atoms with Crippen LogP contribution >= 0.6 is 0 Å². The number of aromatic hydroxyl groups is 1. The first-order valence-electron chi connectivity index (χ1n) is 6.43. The Morgan fingerprint density at radius 1 is 1.39 bits per heavy atom. The second-order valence-corrected chi connectivity index (χ2v) is 5.04. The number of rotatable bonds is 3. The third kappa shape index (κ3) is 3.02. The van der Waals surface area contributed by atoms with E-state index in [1.807, 2.05) is 13.8 Å². The topological polar surface area (TPSA) is 58.7 Å². The molecule has 1 fully saturated rings. The number of aryl methyl sites for hydroxylation is 2. The highest BCUT2D eigenvalue weighted by Crippen LogP contribution is 2.24. The van der Waals surface area contributed by atoms with Crippen LogP contribution in [0.1, 0.15) is 16.7 Å². The first kappa shape index (κ1) is 13.3. The van der Waals surface area contributed by atoms with Crippen molar-refractivity contribution in [1.82, 2.24) is 4.90 Å². The summed E-state index contributed by atoms with van der Waals surface area (Å²) in [5, 5.41) is 9.77. The molecule has 1 aliphatic rings. The van der Waals surface area contributed by atoms with Gasteiger partial charge in [-0.2, -0.15) is 0 Å². The molecule has 1 saturated heterocycles. The summed E-state index contributed by atoms with van der Waals surface area (Å²) < 4.78 is 5.55. The number of nitrogens with two attached hydrogens (primary N) is 1. The molecule has 1 aliphatic heterocycles. The van der Waals surface area contributed by atoms with Crippen molar-refractivity contribution in [3.63, 3.8) is 0 Å². The minimum atomic E-state index is 0.151. The lowest BCUT2D eigenvalue weighted by Gasteiger charge is -2.32. The van der Waals surface area contributed by atoms with Crippen molar-refractivity contribution in [2.45, 2.75) is 26.5 Å². The van der Waals surface area contributed by atoms with E-state index in [0.29, 0.717) is 12.3 Å². The highest BCUT2D eigenvalue weighted by molar-refractivity contribution is 5.42. The summed E-state index contributed by atoms with van der Waals surface area (Å²) in [6, 6.07) is 4.10. The smallest absolute Gasteiger partial charge is 0.121 e. The average Bonchev–Trinajstić information content (AvgIpc) is 2.36. The first-order chi connectivity index (χ1) is 8.60. The highest BCUT2D eigenvalue weighted by atomic mass is 16.5. The van der Waals surface area contributed by atoms with E-state index in [4.69, 9.17) is 10.5 Å². The van der Waals surface area contributed by atoms with Gasteiger partial charge in [0.1, 0.15) is 5.75 Å². The van der Waals surface area contributed by atoms with Gasteiger partial charge in [-0.15, -0.1) is 0 Å². The van der Waals surface area contributed by atoms with Crippen molar-refractivity contribution in [2.24, 2.45) is 5.73 Å². The third-order valence-electron chi connectivity index (χ3n) is 3.44. The van der Waals surface area contributed by atoms with Crippen LogP contribution < -0.4 is 5.73 Å². The molecule has 3 N–H and O–H groups in total. The van der Waals surface area contributed by atoms with Gasteiger partial charge in [-0.25, -0.2) is 0 Å². The van der Waals surface area contributed by atoms with E-state index in [1.165, 1.54) is 5.56 Å². The van der Waals surface area contributed by atoms with Gasteiger partial charge in [-0.1, -0.05) is 12.1 Å². The van der Waals surface area contributed by atoms with E-state index in [1.54, 1.807) is 0 Å². The molecular weight excluding hydrogens is 228 g/mol. The van der Waals surface area contributed by atoms with Crippen molar-refractivity contribution in [2.75, 3.05) is 26.2 Å². The molecule has 0 saturated carbocycles. The Balaban J connectivity index is 2.05. The molecule has 4 nitrogen and oxygen atoms in total. The average molecular weight is 250 g/mol. The quantitative estimate of drug-likeness (QED) is 0.845. The molecule has 1 unspecified atom stereocenters. The normalized spacial score (nSPS) is 21.2. The Morgan fingerprint density at radius 2 is 2.06 bits per heavy atom. The lowest BCUT2D eigenvalue weighted by atomic mass is 10.1. The summed E-state index contributed by atoms with van der Waals surface area (Å²) >= 11 is 0. The monoisotopic (exact) mass is 250 g/mol. The Labute approximate surface area is 108 Å². The van der Waals surface area contributed by atoms with E-state index in [2.05, 4.69) is 17.0 Å². The fourth-order valence-electron chi connectivity index (χ4n) is 2.46. The van der Waals surface area contributed by atoms with Crippen molar-refractivity contribution in [3.05, 3.63) is 28.8 Å². The van der Waals surface area contributed by atoms with Crippen molar-refractivity contribution in [3.8, 4) is 5.75 Å². The molecule has 1 atom stereocenters. The molecule has 1 heterocycles. The zero-order chi connectivity index (χ0) is 13.1. The SMILES string of the molecule is Cc1cc(CN2CCOC(CN)C2)cc(C)c1O. The molecule has 1 aromatic rings. The van der Waals surface area contributed by atoms with Crippen LogP contribution in [0.25, 0.3) is 0 Å². The minimum absolute atomic E-state index is 0.151. The van der Waals surface area contributed by atoms with Crippen LogP contribution in [0.15, 0.2) is 12.1 Å². The van der Waals surface area contributed by atoms with Gasteiger partial charge in [0.2, 0.25) is 0 Å². The predicted molar refractivity (Wildman–Crippen MR) is 71.7 cm³/mol. The summed E-state index contributed by atoms with van der Waals surface area (Å²) in [5.74, 6) is 0.403. The van der Waals surface area contributed by atoms with Crippen LogP contribution in [0.3, 0.4) is 0 Å². The molecule has 0 amide bonds. The van der Waals surface area contributed by atoms with Crippen LogP contribution in [0.4, 0.5) is 0 Å². The molecule has 0 aromatic heterocycles. The number of hydrogen-bond acceptors (Lipinski definition) is 4. The third-order valence-corrected chi connectivity index (χ3v) is 3.44. The zero-order valence-electron chi connectivity index (χ0n) is 11.1. The Hall–Kier alpha value is -1.10. The molecule has 100 valence electrons. The number of hydrogen-bond donors (Lipinski definition) is 2. The van der Waals surface area contributed by atoms with Gasteiger partial charge in [0.25, 0.3) is 0 Å². The largest absolute Gasteiger partial charge is 0.507 e. The van der Waals surface area contributed by atoms with Crippen LogP contribution in [0.2, 0.25) is 0 Å². The summed E-state index contributed by atoms with van der Waals surface area (Å²) in [5.41, 5.74) is 8.76. The second kappa shape index (κ2) is 5.69. The van der Waals surface area contributed by atoms with Gasteiger partial charge in [0.15, 0.2) is 0 Å². The van der Waals surface area contributed by atoms with Gasteiger partial charge in [0.05, 0.1) is 12.7 Å². The van der Waals surface area contributed by atoms with Crippen LogP contribution in [-0.4, -0.2) is 42.4 Å². The molecule has 0 bridgehead atoms. The van der Waals surface area contributed by atoms with Crippen LogP contribution in [-0.2, 0) is 11.3 Å². The number of phenols is 1. The standard InChI is InChI=1S/C14H22N2O2/c1-10-5-12(6-11(2)14(10)17)8-16-3-4-18-13(7-15)9-16/h5-6,13,17H,3-4,7-9,15H2,1-2H3. The van der Waals surface area contributed by atoms with Gasteiger partial charge >= 0.3 is 0 Å². The molecule has 0 radical (unpaired) electrons. The van der Waals surface area contributed by atoms with Crippen molar-refractivity contribution >= 4 is 0 Å². The van der Waals surface area contributed by atoms with Gasteiger partial charge < -0.3 is 15.6 Å². The van der Waals surface area contributed by atoms with E-state index in [-0.39, 0.29) is 6.10 Å². The molecule has 4 heteroatoms. The number of phenolic OH excluding ortho intramolecular Hbond substituents is 1. The maximum absolute atomic E-state index is 9.77. The molecule has 1 aromatic carbocycles. The van der Waals surface area contributed by atoms with Gasteiger partial charge in [0, 0.05) is 26.2 Å².